The van der Waals surface area contributed by atoms with Crippen molar-refractivity contribution in [2.24, 2.45) is 11.7 Å². The van der Waals surface area contributed by atoms with E-state index in [2.05, 4.69) is 5.32 Å². The Bertz CT molecular complexity index is 479. The Hall–Kier alpha value is -0.970. The van der Waals surface area contributed by atoms with Gasteiger partial charge in [0.15, 0.2) is 0 Å². The number of aromatic hydroxyl groups is 1. The molecule has 4 nitrogen and oxygen atoms in total. The van der Waals surface area contributed by atoms with Crippen LogP contribution in [0.25, 0.3) is 0 Å². The highest BCUT2D eigenvalue weighted by Gasteiger charge is 2.32. The fourth-order valence-corrected chi connectivity index (χ4v) is 2.71. The van der Waals surface area contributed by atoms with E-state index >= 15 is 0 Å². The Balaban J connectivity index is 2.39. The molecule has 1 aromatic carbocycles. The zero-order valence-corrected chi connectivity index (χ0v) is 11.1. The number of carbonyl (C=O) groups excluding carboxylic acids is 1. The number of amides is 1. The lowest BCUT2D eigenvalue weighted by Gasteiger charge is -2.30. The van der Waals surface area contributed by atoms with Gasteiger partial charge >= 0.3 is 0 Å². The topological polar surface area (TPSA) is 75.4 Å². The standard InChI is InChI=1S/C12H14Cl2N2O2/c13-9-3-7(11(17)4-10(9)14)6-1-2-16-5-8(6)12(15)18/h3-4,6,8,16-17H,1-2,5H2,(H2,15,18)/t6-,8+/m1/s1. The van der Waals surface area contributed by atoms with Crippen LogP contribution in [0.5, 0.6) is 5.75 Å². The zero-order chi connectivity index (χ0) is 13.3. The third-order valence-electron chi connectivity index (χ3n) is 3.32. The number of piperidine rings is 1. The molecule has 2 rings (SSSR count). The van der Waals surface area contributed by atoms with E-state index in [1.54, 1.807) is 6.07 Å². The van der Waals surface area contributed by atoms with E-state index in [4.69, 9.17) is 28.9 Å². The van der Waals surface area contributed by atoms with Gasteiger partial charge in [0.2, 0.25) is 5.91 Å². The highest BCUT2D eigenvalue weighted by atomic mass is 35.5. The van der Waals surface area contributed by atoms with Crippen LogP contribution in [0.4, 0.5) is 0 Å². The SMILES string of the molecule is NC(=O)[C@H]1CNCC[C@@H]1c1cc(Cl)c(Cl)cc1O. The number of phenols is 1. The molecule has 0 aliphatic carbocycles. The van der Waals surface area contributed by atoms with Gasteiger partial charge in [0, 0.05) is 18.5 Å². The molecule has 0 aromatic heterocycles. The van der Waals surface area contributed by atoms with Crippen molar-refractivity contribution in [2.45, 2.75) is 12.3 Å². The van der Waals surface area contributed by atoms with Crippen molar-refractivity contribution in [3.63, 3.8) is 0 Å². The number of halogens is 2. The summed E-state index contributed by atoms with van der Waals surface area (Å²) in [6.07, 6.45) is 0.721. The lowest BCUT2D eigenvalue weighted by molar-refractivity contribution is -0.122. The van der Waals surface area contributed by atoms with Gasteiger partial charge in [0.25, 0.3) is 0 Å². The van der Waals surface area contributed by atoms with Crippen LogP contribution < -0.4 is 11.1 Å². The fraction of sp³-hybridized carbons (Fsp3) is 0.417. The van der Waals surface area contributed by atoms with Gasteiger partial charge in [0.05, 0.1) is 16.0 Å². The van der Waals surface area contributed by atoms with E-state index in [1.165, 1.54) is 6.07 Å². The lowest BCUT2D eigenvalue weighted by Crippen LogP contribution is -2.42. The number of phenolic OH excluding ortho intramolecular Hbond substituents is 1. The first-order valence-electron chi connectivity index (χ1n) is 5.68. The number of carbonyl (C=O) groups is 1. The Labute approximate surface area is 115 Å². The normalized spacial score (nSPS) is 23.9. The van der Waals surface area contributed by atoms with Crippen LogP contribution in [-0.4, -0.2) is 24.1 Å². The van der Waals surface area contributed by atoms with E-state index in [0.717, 1.165) is 13.0 Å². The maximum atomic E-state index is 11.4. The molecule has 0 unspecified atom stereocenters. The van der Waals surface area contributed by atoms with Gasteiger partial charge in [-0.1, -0.05) is 23.2 Å². The van der Waals surface area contributed by atoms with E-state index in [1.807, 2.05) is 0 Å². The molecule has 1 saturated heterocycles. The minimum absolute atomic E-state index is 0.0579. The van der Waals surface area contributed by atoms with Crippen molar-refractivity contribution in [2.75, 3.05) is 13.1 Å². The second-order valence-corrected chi connectivity index (χ2v) is 5.25. The summed E-state index contributed by atoms with van der Waals surface area (Å²) in [5, 5.41) is 13.7. The number of primary amides is 1. The molecule has 1 aromatic rings. The third-order valence-corrected chi connectivity index (χ3v) is 4.04. The molecule has 6 heteroatoms. The number of benzene rings is 1. The molecule has 0 radical (unpaired) electrons. The van der Waals surface area contributed by atoms with Gasteiger partial charge in [-0.3, -0.25) is 4.79 Å². The molecule has 18 heavy (non-hydrogen) atoms. The first kappa shape index (κ1) is 13.5. The van der Waals surface area contributed by atoms with Crippen molar-refractivity contribution >= 4 is 29.1 Å². The average molecular weight is 289 g/mol. The number of hydrogen-bond acceptors (Lipinski definition) is 3. The summed E-state index contributed by atoms with van der Waals surface area (Å²) in [7, 11) is 0. The van der Waals surface area contributed by atoms with Crippen LogP contribution in [-0.2, 0) is 4.79 Å². The first-order valence-corrected chi connectivity index (χ1v) is 6.44. The van der Waals surface area contributed by atoms with Gasteiger partial charge in [-0.2, -0.15) is 0 Å². The van der Waals surface area contributed by atoms with Crippen LogP contribution in [0, 0.1) is 5.92 Å². The summed E-state index contributed by atoms with van der Waals surface area (Å²) in [6.45, 7) is 1.29. The first-order chi connectivity index (χ1) is 8.50. The fourth-order valence-electron chi connectivity index (χ4n) is 2.38. The van der Waals surface area contributed by atoms with E-state index < -0.39 is 0 Å². The summed E-state index contributed by atoms with van der Waals surface area (Å²) in [5.74, 6) is -0.791. The second-order valence-electron chi connectivity index (χ2n) is 4.43. The zero-order valence-electron chi connectivity index (χ0n) is 9.62. The second kappa shape index (κ2) is 5.34. The molecule has 0 saturated carbocycles. The molecule has 98 valence electrons. The monoisotopic (exact) mass is 288 g/mol. The number of nitrogens with one attached hydrogen (secondary N) is 1. The summed E-state index contributed by atoms with van der Waals surface area (Å²) < 4.78 is 0. The minimum Gasteiger partial charge on any atom is -0.508 e. The molecule has 2 atom stereocenters. The van der Waals surface area contributed by atoms with Crippen LogP contribution >= 0.6 is 23.2 Å². The van der Waals surface area contributed by atoms with Crippen molar-refractivity contribution < 1.29 is 9.90 Å². The smallest absolute Gasteiger partial charge is 0.222 e. The summed E-state index contributed by atoms with van der Waals surface area (Å²) in [5.41, 5.74) is 6.03. The summed E-state index contributed by atoms with van der Waals surface area (Å²) in [4.78, 5) is 11.4. The highest BCUT2D eigenvalue weighted by Crippen LogP contribution is 2.39. The third kappa shape index (κ3) is 2.55. The predicted molar refractivity (Wildman–Crippen MR) is 71.0 cm³/mol. The van der Waals surface area contributed by atoms with Gasteiger partial charge in [0.1, 0.15) is 5.75 Å². The van der Waals surface area contributed by atoms with Crippen LogP contribution in [0.3, 0.4) is 0 Å². The predicted octanol–water partition coefficient (Wildman–Crippen LogP) is 1.88. The molecule has 0 bridgehead atoms. The van der Waals surface area contributed by atoms with E-state index in [0.29, 0.717) is 22.2 Å². The Morgan fingerprint density at radius 1 is 1.39 bits per heavy atom. The minimum atomic E-state index is -0.377. The Kier molecular flexibility index (Phi) is 4.00. The quantitative estimate of drug-likeness (QED) is 0.778. The summed E-state index contributed by atoms with van der Waals surface area (Å²) >= 11 is 11.8. The average Bonchev–Trinajstić information content (AvgIpc) is 2.34. The van der Waals surface area contributed by atoms with Crippen molar-refractivity contribution in [1.29, 1.82) is 0 Å². The van der Waals surface area contributed by atoms with Crippen LogP contribution in [0.2, 0.25) is 10.0 Å². The Morgan fingerprint density at radius 3 is 2.72 bits per heavy atom. The molecule has 0 spiro atoms. The number of rotatable bonds is 2. The van der Waals surface area contributed by atoms with Gasteiger partial charge in [-0.15, -0.1) is 0 Å². The largest absolute Gasteiger partial charge is 0.508 e. The Morgan fingerprint density at radius 2 is 2.06 bits per heavy atom. The molecular formula is C12H14Cl2N2O2. The molecular weight excluding hydrogens is 275 g/mol. The highest BCUT2D eigenvalue weighted by molar-refractivity contribution is 6.42. The van der Waals surface area contributed by atoms with Crippen molar-refractivity contribution in [3.05, 3.63) is 27.7 Å². The summed E-state index contributed by atoms with van der Waals surface area (Å²) in [6, 6.07) is 3.02. The molecule has 1 aliphatic rings. The van der Waals surface area contributed by atoms with Gasteiger partial charge in [-0.05, 0) is 24.6 Å². The molecule has 1 aliphatic heterocycles. The lowest BCUT2D eigenvalue weighted by atomic mass is 9.80. The maximum Gasteiger partial charge on any atom is 0.222 e. The van der Waals surface area contributed by atoms with Crippen LogP contribution in [0.1, 0.15) is 17.9 Å². The van der Waals surface area contributed by atoms with Gasteiger partial charge in [-0.25, -0.2) is 0 Å². The van der Waals surface area contributed by atoms with Gasteiger partial charge < -0.3 is 16.2 Å². The van der Waals surface area contributed by atoms with E-state index in [-0.39, 0.29) is 23.5 Å². The molecule has 1 heterocycles. The molecule has 1 amide bonds. The maximum absolute atomic E-state index is 11.4. The number of hydrogen-bond donors (Lipinski definition) is 3. The molecule has 1 fully saturated rings. The van der Waals surface area contributed by atoms with Crippen molar-refractivity contribution in [3.8, 4) is 5.75 Å². The number of nitrogens with two attached hydrogens (primary N) is 1. The van der Waals surface area contributed by atoms with Crippen molar-refractivity contribution in [1.82, 2.24) is 5.32 Å². The van der Waals surface area contributed by atoms with E-state index in [9.17, 15) is 9.90 Å². The molecule has 4 N–H and O–H groups in total. The van der Waals surface area contributed by atoms with Crippen LogP contribution in [0.15, 0.2) is 12.1 Å².